The zero-order valence-corrected chi connectivity index (χ0v) is 16.7. The Bertz CT molecular complexity index is 1210. The van der Waals surface area contributed by atoms with E-state index >= 15 is 0 Å². The maximum Gasteiger partial charge on any atom is 0.573 e. The Kier molecular flexibility index (Phi) is 6.18. The van der Waals surface area contributed by atoms with Gasteiger partial charge in [0.25, 0.3) is 15.9 Å². The Hall–Kier alpha value is -3.19. The molecule has 0 fully saturated rings. The first kappa shape index (κ1) is 22.5. The van der Waals surface area contributed by atoms with Gasteiger partial charge in [-0.05, 0) is 53.9 Å². The molecule has 1 aromatic heterocycles. The number of anilines is 2. The van der Waals surface area contributed by atoms with Crippen molar-refractivity contribution < 1.29 is 39.9 Å². The quantitative estimate of drug-likeness (QED) is 0.490. The van der Waals surface area contributed by atoms with Gasteiger partial charge in [0.05, 0.1) is 10.6 Å². The molecule has 6 nitrogen and oxygen atoms in total. The van der Waals surface area contributed by atoms with Gasteiger partial charge >= 0.3 is 6.36 Å². The van der Waals surface area contributed by atoms with Gasteiger partial charge in [0.15, 0.2) is 11.6 Å². The summed E-state index contributed by atoms with van der Waals surface area (Å²) in [4.78, 5) is 11.9. The van der Waals surface area contributed by atoms with Crippen LogP contribution in [0.3, 0.4) is 0 Å². The van der Waals surface area contributed by atoms with Gasteiger partial charge < -0.3 is 10.1 Å². The second kappa shape index (κ2) is 8.51. The van der Waals surface area contributed by atoms with E-state index in [0.29, 0.717) is 12.1 Å². The van der Waals surface area contributed by atoms with E-state index in [-0.39, 0.29) is 16.3 Å². The number of ether oxygens (including phenoxy) is 1. The van der Waals surface area contributed by atoms with Crippen LogP contribution >= 0.6 is 11.3 Å². The molecule has 0 aliphatic carbocycles. The zero-order chi connectivity index (χ0) is 22.8. The monoisotopic (exact) mass is 478 g/mol. The summed E-state index contributed by atoms with van der Waals surface area (Å²) in [6.07, 6.45) is -4.86. The lowest BCUT2D eigenvalue weighted by atomic mass is 10.3. The molecule has 3 rings (SSSR count). The smallest absolute Gasteiger partial charge is 0.406 e. The zero-order valence-electron chi connectivity index (χ0n) is 15.0. The van der Waals surface area contributed by atoms with Crippen LogP contribution < -0.4 is 14.8 Å². The standard InChI is InChI=1S/C18H11F5N2O4S2/c19-13-6-5-12(9-14(13)20)31(27,28)25-15-7-8-30-16(15)17(26)24-10-1-3-11(4-2-10)29-18(21,22)23/h1-9,25H,(H,24,26). The average Bonchev–Trinajstić information content (AvgIpc) is 3.12. The van der Waals surface area contributed by atoms with Crippen molar-refractivity contribution in [3.63, 3.8) is 0 Å². The molecule has 0 saturated heterocycles. The molecule has 0 aliphatic heterocycles. The molecule has 2 aromatic carbocycles. The molecule has 0 unspecified atom stereocenters. The molecule has 164 valence electrons. The van der Waals surface area contributed by atoms with Gasteiger partial charge in [-0.25, -0.2) is 17.2 Å². The number of nitrogens with one attached hydrogen (secondary N) is 2. The number of thiophene rings is 1. The van der Waals surface area contributed by atoms with Crippen LogP contribution in [0.1, 0.15) is 9.67 Å². The largest absolute Gasteiger partial charge is 0.573 e. The van der Waals surface area contributed by atoms with Crippen LogP contribution in [0.25, 0.3) is 0 Å². The number of halogens is 5. The predicted molar refractivity (Wildman–Crippen MR) is 103 cm³/mol. The second-order valence-electron chi connectivity index (χ2n) is 5.87. The van der Waals surface area contributed by atoms with E-state index in [1.807, 2.05) is 0 Å². The number of amides is 1. The molecule has 3 aromatic rings. The minimum atomic E-state index is -4.86. The van der Waals surface area contributed by atoms with Gasteiger partial charge in [-0.2, -0.15) is 0 Å². The number of carbonyl (C=O) groups is 1. The Morgan fingerprint density at radius 1 is 0.968 bits per heavy atom. The number of carbonyl (C=O) groups excluding carboxylic acids is 1. The van der Waals surface area contributed by atoms with Gasteiger partial charge in [-0.15, -0.1) is 24.5 Å². The molecular formula is C18H11F5N2O4S2. The van der Waals surface area contributed by atoms with Crippen molar-refractivity contribution in [3.05, 3.63) is 70.4 Å². The average molecular weight is 478 g/mol. The van der Waals surface area contributed by atoms with Gasteiger partial charge in [-0.3, -0.25) is 9.52 Å². The summed E-state index contributed by atoms with van der Waals surface area (Å²) in [5.41, 5.74) is 0.00611. The Morgan fingerprint density at radius 2 is 1.65 bits per heavy atom. The molecular weight excluding hydrogens is 467 g/mol. The summed E-state index contributed by atoms with van der Waals surface area (Å²) in [6, 6.07) is 7.60. The summed E-state index contributed by atoms with van der Waals surface area (Å²) >= 11 is 0.883. The number of rotatable bonds is 6. The topological polar surface area (TPSA) is 84.5 Å². The van der Waals surface area contributed by atoms with Crippen molar-refractivity contribution in [1.29, 1.82) is 0 Å². The Labute approximate surface area is 176 Å². The lowest BCUT2D eigenvalue weighted by molar-refractivity contribution is -0.274. The van der Waals surface area contributed by atoms with Gasteiger partial charge in [-0.1, -0.05) is 0 Å². The number of sulfonamides is 1. The molecule has 0 spiro atoms. The normalized spacial score (nSPS) is 11.8. The first-order valence-electron chi connectivity index (χ1n) is 8.17. The van der Waals surface area contributed by atoms with E-state index in [9.17, 15) is 35.2 Å². The maximum absolute atomic E-state index is 13.4. The van der Waals surface area contributed by atoms with Crippen LogP contribution in [0.2, 0.25) is 0 Å². The highest BCUT2D eigenvalue weighted by Crippen LogP contribution is 2.28. The first-order valence-corrected chi connectivity index (χ1v) is 10.5. The second-order valence-corrected chi connectivity index (χ2v) is 8.47. The highest BCUT2D eigenvalue weighted by Gasteiger charge is 2.31. The van der Waals surface area contributed by atoms with Crippen molar-refractivity contribution >= 4 is 38.6 Å². The van der Waals surface area contributed by atoms with Crippen LogP contribution in [-0.4, -0.2) is 20.7 Å². The fourth-order valence-electron chi connectivity index (χ4n) is 2.34. The van der Waals surface area contributed by atoms with E-state index in [1.54, 1.807) is 0 Å². The van der Waals surface area contributed by atoms with Crippen molar-refractivity contribution in [1.82, 2.24) is 0 Å². The van der Waals surface area contributed by atoms with Crippen LogP contribution in [0.15, 0.2) is 58.8 Å². The molecule has 1 heterocycles. The molecule has 0 atom stereocenters. The molecule has 31 heavy (non-hydrogen) atoms. The molecule has 1 amide bonds. The Balaban J connectivity index is 1.75. The molecule has 0 saturated carbocycles. The summed E-state index contributed by atoms with van der Waals surface area (Å²) in [7, 11) is -4.33. The number of alkyl halides is 3. The highest BCUT2D eigenvalue weighted by molar-refractivity contribution is 7.92. The summed E-state index contributed by atoms with van der Waals surface area (Å²) < 4.78 is 93.7. The third-order valence-corrected chi connectivity index (χ3v) is 5.94. The number of benzene rings is 2. The fraction of sp³-hybridized carbons (Fsp3) is 0.0556. The fourth-order valence-corrected chi connectivity index (χ4v) is 4.23. The lowest BCUT2D eigenvalue weighted by Crippen LogP contribution is -2.18. The van der Waals surface area contributed by atoms with Crippen molar-refractivity contribution in [2.45, 2.75) is 11.3 Å². The third-order valence-electron chi connectivity index (χ3n) is 3.66. The van der Waals surface area contributed by atoms with E-state index in [2.05, 4.69) is 14.8 Å². The number of hydrogen-bond acceptors (Lipinski definition) is 5. The van der Waals surface area contributed by atoms with E-state index < -0.39 is 44.6 Å². The molecule has 0 bridgehead atoms. The van der Waals surface area contributed by atoms with Crippen molar-refractivity contribution in [3.8, 4) is 5.75 Å². The van der Waals surface area contributed by atoms with Crippen LogP contribution in [0, 0.1) is 11.6 Å². The van der Waals surface area contributed by atoms with Crippen molar-refractivity contribution in [2.75, 3.05) is 10.0 Å². The predicted octanol–water partition coefficient (Wildman–Crippen LogP) is 4.98. The third kappa shape index (κ3) is 5.70. The van der Waals surface area contributed by atoms with Crippen LogP contribution in [-0.2, 0) is 10.0 Å². The molecule has 0 radical (unpaired) electrons. The van der Waals surface area contributed by atoms with E-state index in [0.717, 1.165) is 41.7 Å². The van der Waals surface area contributed by atoms with Crippen molar-refractivity contribution in [2.24, 2.45) is 0 Å². The maximum atomic E-state index is 13.4. The van der Waals surface area contributed by atoms with Gasteiger partial charge in [0, 0.05) is 5.69 Å². The molecule has 0 aliphatic rings. The van der Waals surface area contributed by atoms with Gasteiger partial charge in [0.2, 0.25) is 0 Å². The Morgan fingerprint density at radius 3 is 2.26 bits per heavy atom. The summed E-state index contributed by atoms with van der Waals surface area (Å²) in [6.45, 7) is 0. The minimum Gasteiger partial charge on any atom is -0.406 e. The molecule has 2 N–H and O–H groups in total. The minimum absolute atomic E-state index is 0.0678. The summed E-state index contributed by atoms with van der Waals surface area (Å²) in [5.74, 6) is -3.81. The van der Waals surface area contributed by atoms with E-state index in [1.165, 1.54) is 11.4 Å². The SMILES string of the molecule is O=C(Nc1ccc(OC(F)(F)F)cc1)c1sccc1NS(=O)(=O)c1ccc(F)c(F)c1. The van der Waals surface area contributed by atoms with Gasteiger partial charge in [0.1, 0.15) is 10.6 Å². The first-order chi connectivity index (χ1) is 14.4. The van der Waals surface area contributed by atoms with E-state index in [4.69, 9.17) is 0 Å². The van der Waals surface area contributed by atoms with Crippen LogP contribution in [0.5, 0.6) is 5.75 Å². The van der Waals surface area contributed by atoms with Crippen LogP contribution in [0.4, 0.5) is 33.3 Å². The lowest BCUT2D eigenvalue weighted by Gasteiger charge is -2.11. The summed E-state index contributed by atoms with van der Waals surface area (Å²) in [5, 5.41) is 3.82. The number of hydrogen-bond donors (Lipinski definition) is 2. The molecule has 13 heteroatoms. The highest BCUT2D eigenvalue weighted by atomic mass is 32.2.